The number of imidazole rings is 1. The van der Waals surface area contributed by atoms with Crippen molar-refractivity contribution >= 4 is 23.6 Å². The third-order valence-corrected chi connectivity index (χ3v) is 10.8. The number of piperazine rings is 1. The Bertz CT molecular complexity index is 1510. The zero-order valence-electron chi connectivity index (χ0n) is 26.6. The molecule has 0 radical (unpaired) electrons. The normalized spacial score (nSPS) is 24.2. The van der Waals surface area contributed by atoms with Crippen LogP contribution in [0.4, 0.5) is 4.79 Å². The van der Waals surface area contributed by atoms with Gasteiger partial charge in [-0.05, 0) is 99.1 Å². The second kappa shape index (κ2) is 14.1. The number of hydrogen-bond acceptors (Lipinski definition) is 6. The number of piperidine rings is 1. The Balaban J connectivity index is 1.19. The van der Waals surface area contributed by atoms with E-state index in [-0.39, 0.29) is 30.2 Å². The fourth-order valence-electron chi connectivity index (χ4n) is 8.11. The van der Waals surface area contributed by atoms with Gasteiger partial charge in [0.15, 0.2) is 0 Å². The number of ether oxygens (including phenoxy) is 1. The summed E-state index contributed by atoms with van der Waals surface area (Å²) in [6.07, 6.45) is 17.9. The van der Waals surface area contributed by atoms with Gasteiger partial charge in [0, 0.05) is 62.4 Å². The van der Waals surface area contributed by atoms with Crippen LogP contribution in [0.25, 0.3) is 0 Å². The van der Waals surface area contributed by atoms with Crippen molar-refractivity contribution in [2.45, 2.75) is 101 Å². The number of carbonyl (C=O) groups is 2. The number of carbonyl (C=O) groups excluding carboxylic acids is 2. The first-order chi connectivity index (χ1) is 22.5. The zero-order valence-corrected chi connectivity index (χ0v) is 27.4. The summed E-state index contributed by atoms with van der Waals surface area (Å²) in [4.78, 5) is 43.9. The molecule has 2 aliphatic carbocycles. The summed E-state index contributed by atoms with van der Waals surface area (Å²) in [6.45, 7) is 2.99. The molecule has 1 saturated carbocycles. The van der Waals surface area contributed by atoms with Gasteiger partial charge in [-0.2, -0.15) is 0 Å². The highest BCUT2D eigenvalue weighted by Gasteiger charge is 2.44. The Morgan fingerprint density at radius 3 is 2.61 bits per heavy atom. The molecule has 9 nitrogen and oxygen atoms in total. The molecule has 2 saturated heterocycles. The Morgan fingerprint density at radius 2 is 1.76 bits per heavy atom. The number of halogens is 1. The number of fused-ring (bicyclic) bond motifs is 2. The second-order valence-corrected chi connectivity index (χ2v) is 13.8. The van der Waals surface area contributed by atoms with E-state index in [0.29, 0.717) is 26.2 Å². The fourth-order valence-corrected chi connectivity index (χ4v) is 8.31. The SMILES string of the molecule is O=C([C@H]1CN([C@H]2c3ccc(Cl)cc3CCc3cccnc32)CCN1C(=O)OC1CCCCC1)N1CCCC[C@@H]1CCn1ccnc1. The van der Waals surface area contributed by atoms with Gasteiger partial charge in [0.05, 0.1) is 18.1 Å². The van der Waals surface area contributed by atoms with E-state index in [2.05, 4.69) is 37.5 Å². The third kappa shape index (κ3) is 6.67. The van der Waals surface area contributed by atoms with Crippen LogP contribution in [0.2, 0.25) is 5.02 Å². The molecular formula is C36H45ClN6O3. The summed E-state index contributed by atoms with van der Waals surface area (Å²) in [5.74, 6) is 0.0341. The number of aromatic nitrogens is 3. The van der Waals surface area contributed by atoms with Crippen LogP contribution in [-0.2, 0) is 28.9 Å². The van der Waals surface area contributed by atoms with E-state index < -0.39 is 6.04 Å². The van der Waals surface area contributed by atoms with Crippen LogP contribution in [0, 0.1) is 0 Å². The van der Waals surface area contributed by atoms with E-state index in [1.807, 2.05) is 30.9 Å². The van der Waals surface area contributed by atoms with Gasteiger partial charge in [-0.25, -0.2) is 9.78 Å². The van der Waals surface area contributed by atoms with Crippen LogP contribution in [-0.4, -0.2) is 85.6 Å². The maximum Gasteiger partial charge on any atom is 0.410 e. The molecule has 7 rings (SSSR count). The Labute approximate surface area is 276 Å². The maximum atomic E-state index is 14.8. The topological polar surface area (TPSA) is 83.8 Å². The van der Waals surface area contributed by atoms with Crippen LogP contribution >= 0.6 is 11.6 Å². The smallest absolute Gasteiger partial charge is 0.410 e. The summed E-state index contributed by atoms with van der Waals surface area (Å²) in [5.41, 5.74) is 4.65. The average molecular weight is 645 g/mol. The van der Waals surface area contributed by atoms with Crippen LogP contribution in [0.5, 0.6) is 0 Å². The summed E-state index contributed by atoms with van der Waals surface area (Å²) in [7, 11) is 0. The minimum absolute atomic E-state index is 0.0341. The van der Waals surface area contributed by atoms with Gasteiger partial charge >= 0.3 is 6.09 Å². The highest BCUT2D eigenvalue weighted by Crippen LogP contribution is 2.38. The predicted octanol–water partition coefficient (Wildman–Crippen LogP) is 6.05. The molecule has 244 valence electrons. The van der Waals surface area contributed by atoms with Crippen LogP contribution in [0.3, 0.4) is 0 Å². The Kier molecular flexibility index (Phi) is 9.58. The molecule has 0 bridgehead atoms. The van der Waals surface area contributed by atoms with Crippen LogP contribution in [0.15, 0.2) is 55.2 Å². The van der Waals surface area contributed by atoms with Crippen LogP contribution < -0.4 is 0 Å². The first-order valence-electron chi connectivity index (χ1n) is 17.2. The second-order valence-electron chi connectivity index (χ2n) is 13.4. The highest BCUT2D eigenvalue weighted by atomic mass is 35.5. The van der Waals surface area contributed by atoms with Gasteiger partial charge in [-0.1, -0.05) is 30.2 Å². The van der Waals surface area contributed by atoms with Crippen molar-refractivity contribution in [2.75, 3.05) is 26.2 Å². The quantitative estimate of drug-likeness (QED) is 0.325. The van der Waals surface area contributed by atoms with E-state index in [9.17, 15) is 9.59 Å². The van der Waals surface area contributed by atoms with Gasteiger partial charge in [0.25, 0.3) is 0 Å². The lowest BCUT2D eigenvalue weighted by Gasteiger charge is -2.46. The number of nitrogens with zero attached hydrogens (tertiary/aromatic N) is 6. The minimum Gasteiger partial charge on any atom is -0.446 e. The zero-order chi connectivity index (χ0) is 31.5. The number of likely N-dealkylation sites (tertiary alicyclic amines) is 1. The number of aryl methyl sites for hydroxylation is 3. The molecule has 0 N–H and O–H groups in total. The Morgan fingerprint density at radius 1 is 0.913 bits per heavy atom. The number of rotatable bonds is 6. The summed E-state index contributed by atoms with van der Waals surface area (Å²) < 4.78 is 8.19. The monoisotopic (exact) mass is 644 g/mol. The van der Waals surface area contributed by atoms with Gasteiger partial charge < -0.3 is 14.2 Å². The molecule has 1 aromatic carbocycles. The predicted molar refractivity (Wildman–Crippen MR) is 177 cm³/mol. The molecule has 2 amide bonds. The van der Waals surface area contributed by atoms with Gasteiger partial charge in [0.2, 0.25) is 5.91 Å². The molecule has 0 unspecified atom stereocenters. The largest absolute Gasteiger partial charge is 0.446 e. The number of pyridine rings is 1. The van der Waals surface area contributed by atoms with Crippen molar-refractivity contribution in [2.24, 2.45) is 0 Å². The lowest BCUT2D eigenvalue weighted by atomic mass is 9.94. The first-order valence-corrected chi connectivity index (χ1v) is 17.6. The fraction of sp³-hybridized carbons (Fsp3) is 0.556. The Hall–Kier alpha value is -3.43. The lowest BCUT2D eigenvalue weighted by molar-refractivity contribution is -0.143. The summed E-state index contributed by atoms with van der Waals surface area (Å²) in [5, 5.41) is 0.728. The molecule has 4 aliphatic rings. The number of hydrogen-bond donors (Lipinski definition) is 0. The summed E-state index contributed by atoms with van der Waals surface area (Å²) >= 11 is 6.49. The van der Waals surface area contributed by atoms with Crippen molar-refractivity contribution < 1.29 is 14.3 Å². The van der Waals surface area contributed by atoms with E-state index in [1.165, 1.54) is 23.1 Å². The molecule has 10 heteroatoms. The molecule has 4 heterocycles. The first kappa shape index (κ1) is 31.2. The average Bonchev–Trinajstić information content (AvgIpc) is 3.56. The number of benzene rings is 1. The molecule has 46 heavy (non-hydrogen) atoms. The molecule has 2 aliphatic heterocycles. The molecule has 3 fully saturated rings. The molecule has 3 atom stereocenters. The highest BCUT2D eigenvalue weighted by molar-refractivity contribution is 6.30. The summed E-state index contributed by atoms with van der Waals surface area (Å²) in [6, 6.07) is 9.70. The van der Waals surface area contributed by atoms with Gasteiger partial charge in [-0.15, -0.1) is 0 Å². The van der Waals surface area contributed by atoms with Crippen molar-refractivity contribution in [3.63, 3.8) is 0 Å². The molecule has 2 aromatic heterocycles. The van der Waals surface area contributed by atoms with Crippen molar-refractivity contribution in [3.8, 4) is 0 Å². The van der Waals surface area contributed by atoms with E-state index >= 15 is 0 Å². The lowest BCUT2D eigenvalue weighted by Crippen LogP contribution is -2.63. The van der Waals surface area contributed by atoms with E-state index in [4.69, 9.17) is 21.3 Å². The van der Waals surface area contributed by atoms with Gasteiger partial charge in [-0.3, -0.25) is 19.6 Å². The number of amides is 2. The molecule has 3 aromatic rings. The maximum absolute atomic E-state index is 14.8. The van der Waals surface area contributed by atoms with Gasteiger partial charge in [0.1, 0.15) is 12.1 Å². The van der Waals surface area contributed by atoms with E-state index in [0.717, 1.165) is 81.5 Å². The van der Waals surface area contributed by atoms with Crippen molar-refractivity contribution in [1.82, 2.24) is 29.2 Å². The minimum atomic E-state index is -0.634. The molecule has 0 spiro atoms. The van der Waals surface area contributed by atoms with Crippen molar-refractivity contribution in [1.29, 1.82) is 0 Å². The van der Waals surface area contributed by atoms with Crippen molar-refractivity contribution in [3.05, 3.63) is 82.7 Å². The van der Waals surface area contributed by atoms with Crippen LogP contribution in [0.1, 0.15) is 86.2 Å². The molecular weight excluding hydrogens is 600 g/mol. The third-order valence-electron chi connectivity index (χ3n) is 10.6. The standard InChI is InChI=1S/C36H45ClN6O3/c37-28-13-14-31-27(23-28)12-11-26-7-6-16-39-33(26)34(31)41-21-22-43(36(45)46-30-9-2-1-3-10-30)32(24-41)35(44)42-18-5-4-8-29(42)15-19-40-20-17-38-25-40/h6-7,13-14,16-17,20,23,25,29-30,32,34H,1-5,8-12,15,18-19,21-22,24H2/t29-,32-,34+/m1/s1. The van der Waals surface area contributed by atoms with E-state index in [1.54, 1.807) is 11.1 Å².